The van der Waals surface area contributed by atoms with E-state index in [1.54, 1.807) is 11.3 Å². The van der Waals surface area contributed by atoms with Crippen molar-refractivity contribution in [1.82, 2.24) is 9.97 Å². The number of H-pyrrole nitrogens is 1. The van der Waals surface area contributed by atoms with Crippen molar-refractivity contribution in [2.75, 3.05) is 12.4 Å². The minimum Gasteiger partial charge on any atom is -0.493 e. The number of hydrogen-bond acceptors (Lipinski definition) is 5. The van der Waals surface area contributed by atoms with E-state index in [-0.39, 0.29) is 5.56 Å². The van der Waals surface area contributed by atoms with Gasteiger partial charge in [-0.05, 0) is 49.8 Å². The Kier molecular flexibility index (Phi) is 5.05. The second-order valence-electron chi connectivity index (χ2n) is 6.91. The molecule has 26 heavy (non-hydrogen) atoms. The van der Waals surface area contributed by atoms with Crippen LogP contribution in [-0.4, -0.2) is 22.3 Å². The quantitative estimate of drug-likeness (QED) is 0.396. The Balaban J connectivity index is 1.44. The topological polar surface area (TPSA) is 55.0 Å². The molecule has 2 aromatic heterocycles. The smallest absolute Gasteiger partial charge is 0.260 e. The van der Waals surface area contributed by atoms with Gasteiger partial charge in [-0.15, -0.1) is 11.3 Å². The largest absolute Gasteiger partial charge is 0.493 e. The highest BCUT2D eigenvalue weighted by atomic mass is 32.2. The first-order chi connectivity index (χ1) is 12.6. The highest BCUT2D eigenvalue weighted by molar-refractivity contribution is 7.99. The number of benzene rings is 1. The molecule has 0 radical (unpaired) electrons. The van der Waals surface area contributed by atoms with E-state index < -0.39 is 0 Å². The third-order valence-corrected chi connectivity index (χ3v) is 6.74. The molecule has 4 nitrogen and oxygen atoms in total. The molecule has 0 saturated heterocycles. The fraction of sp³-hybridized carbons (Fsp3) is 0.400. The first-order valence-corrected chi connectivity index (χ1v) is 10.8. The van der Waals surface area contributed by atoms with Gasteiger partial charge in [-0.2, -0.15) is 0 Å². The summed E-state index contributed by atoms with van der Waals surface area (Å²) < 4.78 is 5.74. The van der Waals surface area contributed by atoms with E-state index in [1.165, 1.54) is 27.8 Å². The molecule has 0 unspecified atom stereocenters. The fourth-order valence-electron chi connectivity index (χ4n) is 3.33. The molecule has 4 rings (SSSR count). The Morgan fingerprint density at radius 2 is 2.15 bits per heavy atom. The summed E-state index contributed by atoms with van der Waals surface area (Å²) in [5, 5.41) is 1.50. The van der Waals surface area contributed by atoms with Crippen molar-refractivity contribution in [3.05, 3.63) is 50.6 Å². The van der Waals surface area contributed by atoms with E-state index in [2.05, 4.69) is 18.8 Å². The van der Waals surface area contributed by atoms with E-state index in [9.17, 15) is 4.79 Å². The molecular weight excluding hydrogens is 364 g/mol. The minimum absolute atomic E-state index is 0.00371. The van der Waals surface area contributed by atoms with Gasteiger partial charge < -0.3 is 9.72 Å². The van der Waals surface area contributed by atoms with Crippen molar-refractivity contribution < 1.29 is 4.74 Å². The Bertz CT molecular complexity index is 976. The summed E-state index contributed by atoms with van der Waals surface area (Å²) in [6, 6.07) is 8.02. The van der Waals surface area contributed by atoms with Gasteiger partial charge in [0, 0.05) is 10.6 Å². The van der Waals surface area contributed by atoms with Crippen LogP contribution >= 0.6 is 23.1 Å². The number of aromatic amines is 1. The van der Waals surface area contributed by atoms with Gasteiger partial charge in [0.15, 0.2) is 5.16 Å². The second kappa shape index (κ2) is 7.45. The zero-order chi connectivity index (χ0) is 18.1. The maximum atomic E-state index is 12.6. The molecule has 136 valence electrons. The molecule has 0 saturated carbocycles. The van der Waals surface area contributed by atoms with Gasteiger partial charge in [0.1, 0.15) is 10.6 Å². The number of rotatable bonds is 5. The summed E-state index contributed by atoms with van der Waals surface area (Å²) in [5.41, 5.74) is 2.45. The zero-order valence-electron chi connectivity index (χ0n) is 15.0. The third kappa shape index (κ3) is 3.67. The molecule has 0 fully saturated rings. The van der Waals surface area contributed by atoms with Gasteiger partial charge in [0.25, 0.3) is 5.56 Å². The number of thiophene rings is 1. The zero-order valence-corrected chi connectivity index (χ0v) is 16.6. The summed E-state index contributed by atoms with van der Waals surface area (Å²) >= 11 is 3.23. The molecule has 1 atom stereocenters. The van der Waals surface area contributed by atoms with E-state index in [0.717, 1.165) is 41.0 Å². The summed E-state index contributed by atoms with van der Waals surface area (Å²) in [7, 11) is 0. The molecule has 0 amide bonds. The average Bonchev–Trinajstić information content (AvgIpc) is 2.98. The number of thioether (sulfide) groups is 1. The van der Waals surface area contributed by atoms with Crippen LogP contribution in [0, 0.1) is 12.8 Å². The average molecular weight is 387 g/mol. The van der Waals surface area contributed by atoms with E-state index in [1.807, 2.05) is 24.3 Å². The number of fused-ring (bicyclic) bond motifs is 3. The van der Waals surface area contributed by atoms with Gasteiger partial charge in [-0.1, -0.05) is 36.4 Å². The van der Waals surface area contributed by atoms with Gasteiger partial charge in [0.2, 0.25) is 0 Å². The van der Waals surface area contributed by atoms with Crippen LogP contribution in [0.4, 0.5) is 0 Å². The van der Waals surface area contributed by atoms with Crippen LogP contribution in [-0.2, 0) is 12.8 Å². The summed E-state index contributed by atoms with van der Waals surface area (Å²) in [6.45, 7) is 4.91. The Morgan fingerprint density at radius 1 is 1.35 bits per heavy atom. The van der Waals surface area contributed by atoms with Crippen LogP contribution in [0.25, 0.3) is 10.2 Å². The number of aryl methyl sites for hydroxylation is 2. The first kappa shape index (κ1) is 17.6. The number of aromatic nitrogens is 2. The Hall–Kier alpha value is -1.79. The molecule has 6 heteroatoms. The molecule has 0 spiro atoms. The lowest BCUT2D eigenvalue weighted by molar-refractivity contribution is 0.344. The van der Waals surface area contributed by atoms with Gasteiger partial charge in [-0.3, -0.25) is 4.79 Å². The molecule has 1 aliphatic rings. The lowest BCUT2D eigenvalue weighted by Crippen LogP contribution is -2.13. The van der Waals surface area contributed by atoms with Crippen LogP contribution in [0.5, 0.6) is 5.75 Å². The van der Waals surface area contributed by atoms with Gasteiger partial charge >= 0.3 is 0 Å². The number of hydrogen-bond donors (Lipinski definition) is 1. The van der Waals surface area contributed by atoms with Crippen LogP contribution in [0.3, 0.4) is 0 Å². The molecule has 0 bridgehead atoms. The summed E-state index contributed by atoms with van der Waals surface area (Å²) in [4.78, 5) is 22.4. The van der Waals surface area contributed by atoms with Crippen molar-refractivity contribution in [2.45, 2.75) is 38.3 Å². The molecule has 0 aliphatic heterocycles. The molecular formula is C20H22N2O2S2. The van der Waals surface area contributed by atoms with E-state index >= 15 is 0 Å². The third-order valence-electron chi connectivity index (χ3n) is 4.76. The predicted molar refractivity (Wildman–Crippen MR) is 109 cm³/mol. The summed E-state index contributed by atoms with van der Waals surface area (Å²) in [6.07, 6.45) is 3.23. The van der Waals surface area contributed by atoms with Crippen LogP contribution in [0.2, 0.25) is 0 Å². The lowest BCUT2D eigenvalue weighted by atomic mass is 9.89. The van der Waals surface area contributed by atoms with E-state index in [0.29, 0.717) is 17.7 Å². The van der Waals surface area contributed by atoms with E-state index in [4.69, 9.17) is 9.72 Å². The van der Waals surface area contributed by atoms with Crippen LogP contribution in [0.1, 0.15) is 29.3 Å². The van der Waals surface area contributed by atoms with Crippen LogP contribution in [0.15, 0.2) is 34.2 Å². The van der Waals surface area contributed by atoms with Crippen molar-refractivity contribution >= 4 is 33.3 Å². The molecule has 1 N–H and O–H groups in total. The van der Waals surface area contributed by atoms with Crippen LogP contribution < -0.4 is 10.3 Å². The van der Waals surface area contributed by atoms with Crippen molar-refractivity contribution in [3.63, 3.8) is 0 Å². The maximum Gasteiger partial charge on any atom is 0.260 e. The molecule has 3 aromatic rings. The SMILES string of the molecule is Cc1ccc(OCCSc2nc3sc4c(c3c(=O)[nH]2)CC[C@@H](C)C4)cc1. The lowest BCUT2D eigenvalue weighted by Gasteiger charge is -2.17. The molecule has 1 aliphatic carbocycles. The van der Waals surface area contributed by atoms with Crippen molar-refractivity contribution in [3.8, 4) is 5.75 Å². The molecule has 1 aromatic carbocycles. The Labute approximate surface area is 161 Å². The van der Waals surface area contributed by atoms with Crippen molar-refractivity contribution in [1.29, 1.82) is 0 Å². The standard InChI is InChI=1S/C20H22N2O2S2/c1-12-3-6-14(7-4-12)24-9-10-25-20-21-18(23)17-15-8-5-13(2)11-16(15)26-19(17)22-20/h3-4,6-7,13H,5,8-11H2,1-2H3,(H,21,22,23)/t13-/m1/s1. The number of ether oxygens (including phenoxy) is 1. The first-order valence-electron chi connectivity index (χ1n) is 8.97. The second-order valence-corrected chi connectivity index (χ2v) is 9.08. The maximum absolute atomic E-state index is 12.6. The van der Waals surface area contributed by atoms with Crippen molar-refractivity contribution in [2.24, 2.45) is 5.92 Å². The fourth-order valence-corrected chi connectivity index (χ4v) is 5.45. The molecule has 2 heterocycles. The van der Waals surface area contributed by atoms with Gasteiger partial charge in [-0.25, -0.2) is 4.98 Å². The summed E-state index contributed by atoms with van der Waals surface area (Å²) in [5.74, 6) is 2.31. The highest BCUT2D eigenvalue weighted by Crippen LogP contribution is 2.36. The monoisotopic (exact) mass is 386 g/mol. The number of nitrogens with one attached hydrogen (secondary N) is 1. The highest BCUT2D eigenvalue weighted by Gasteiger charge is 2.23. The predicted octanol–water partition coefficient (Wildman–Crippen LogP) is 4.59. The minimum atomic E-state index is 0.00371. The number of nitrogens with zero attached hydrogens (tertiary/aromatic N) is 1. The normalized spacial score (nSPS) is 16.6. The van der Waals surface area contributed by atoms with Gasteiger partial charge in [0.05, 0.1) is 12.0 Å². The Morgan fingerprint density at radius 3 is 2.96 bits per heavy atom.